The standard InChI is InChI=1S/C17H21F2NO3/c18-13-10-12(17(16(21)22)4-2-1-3-5-17)15(11-14(13)19)20-6-8-23-9-7-20/h10-11H,1-9H2,(H,21,22). The smallest absolute Gasteiger partial charge is 0.314 e. The number of nitrogens with zero attached hydrogens (tertiary/aromatic N) is 1. The van der Waals surface area contributed by atoms with Crippen LogP contribution in [0.1, 0.15) is 37.7 Å². The second-order valence-corrected chi connectivity index (χ2v) is 6.33. The number of hydrogen-bond acceptors (Lipinski definition) is 3. The highest BCUT2D eigenvalue weighted by Gasteiger charge is 2.44. The summed E-state index contributed by atoms with van der Waals surface area (Å²) in [4.78, 5) is 14.0. The van der Waals surface area contributed by atoms with Gasteiger partial charge in [0.2, 0.25) is 0 Å². The molecule has 1 aliphatic heterocycles. The predicted molar refractivity (Wildman–Crippen MR) is 81.8 cm³/mol. The van der Waals surface area contributed by atoms with E-state index >= 15 is 0 Å². The molecule has 1 heterocycles. The first-order valence-corrected chi connectivity index (χ1v) is 8.10. The Kier molecular flexibility index (Phi) is 4.53. The molecule has 0 spiro atoms. The molecule has 1 aromatic rings. The summed E-state index contributed by atoms with van der Waals surface area (Å²) in [5.74, 6) is -2.87. The highest BCUT2D eigenvalue weighted by molar-refractivity contribution is 5.84. The summed E-state index contributed by atoms with van der Waals surface area (Å²) in [6.07, 6.45) is 3.47. The van der Waals surface area contributed by atoms with Gasteiger partial charge in [0, 0.05) is 24.8 Å². The molecule has 1 saturated heterocycles. The first-order chi connectivity index (χ1) is 11.0. The van der Waals surface area contributed by atoms with Crippen LogP contribution in [-0.4, -0.2) is 37.4 Å². The Bertz CT molecular complexity index is 594. The summed E-state index contributed by atoms with van der Waals surface area (Å²) in [7, 11) is 0. The van der Waals surface area contributed by atoms with E-state index < -0.39 is 23.0 Å². The van der Waals surface area contributed by atoms with Crippen molar-refractivity contribution in [2.24, 2.45) is 0 Å². The predicted octanol–water partition coefficient (Wildman–Crippen LogP) is 3.09. The van der Waals surface area contributed by atoms with Gasteiger partial charge in [0.05, 0.1) is 18.6 Å². The summed E-state index contributed by atoms with van der Waals surface area (Å²) in [5, 5.41) is 9.87. The number of aliphatic carboxylic acids is 1. The number of ether oxygens (including phenoxy) is 1. The Hall–Kier alpha value is -1.69. The zero-order valence-corrected chi connectivity index (χ0v) is 13.0. The molecule has 0 unspecified atom stereocenters. The molecule has 1 aromatic carbocycles. The quantitative estimate of drug-likeness (QED) is 0.928. The Morgan fingerprint density at radius 2 is 1.70 bits per heavy atom. The van der Waals surface area contributed by atoms with Crippen molar-refractivity contribution in [3.8, 4) is 0 Å². The zero-order valence-electron chi connectivity index (χ0n) is 13.0. The number of carbonyl (C=O) groups is 1. The highest BCUT2D eigenvalue weighted by Crippen LogP contribution is 2.44. The van der Waals surface area contributed by atoms with Crippen LogP contribution in [0.3, 0.4) is 0 Å². The first-order valence-electron chi connectivity index (χ1n) is 8.10. The van der Waals surface area contributed by atoms with E-state index in [0.717, 1.165) is 31.4 Å². The van der Waals surface area contributed by atoms with Crippen LogP contribution in [0, 0.1) is 11.6 Å². The van der Waals surface area contributed by atoms with Gasteiger partial charge in [0.15, 0.2) is 11.6 Å². The van der Waals surface area contributed by atoms with Gasteiger partial charge >= 0.3 is 5.97 Å². The molecule has 3 rings (SSSR count). The third kappa shape index (κ3) is 2.92. The molecule has 1 saturated carbocycles. The Balaban J connectivity index is 2.11. The lowest BCUT2D eigenvalue weighted by Gasteiger charge is -2.38. The van der Waals surface area contributed by atoms with Crippen molar-refractivity contribution >= 4 is 11.7 Å². The average molecular weight is 325 g/mol. The summed E-state index contributed by atoms with van der Waals surface area (Å²) < 4.78 is 33.0. The van der Waals surface area contributed by atoms with Crippen LogP contribution >= 0.6 is 0 Å². The Labute approximate surface area is 134 Å². The fourth-order valence-electron chi connectivity index (χ4n) is 3.74. The van der Waals surface area contributed by atoms with E-state index in [2.05, 4.69) is 0 Å². The largest absolute Gasteiger partial charge is 0.481 e. The second kappa shape index (κ2) is 6.43. The van der Waals surface area contributed by atoms with E-state index in [1.54, 1.807) is 0 Å². The molecule has 0 amide bonds. The van der Waals surface area contributed by atoms with Crippen LogP contribution in [-0.2, 0) is 14.9 Å². The maximum Gasteiger partial charge on any atom is 0.314 e. The third-order valence-electron chi connectivity index (χ3n) is 5.02. The van der Waals surface area contributed by atoms with Crippen LogP contribution in [0.25, 0.3) is 0 Å². The van der Waals surface area contributed by atoms with Gasteiger partial charge in [-0.15, -0.1) is 0 Å². The minimum atomic E-state index is -1.12. The molecule has 0 radical (unpaired) electrons. The number of hydrogen-bond donors (Lipinski definition) is 1. The molecular formula is C17H21F2NO3. The number of halogens is 2. The SMILES string of the molecule is O=C(O)C1(c2cc(F)c(F)cc2N2CCOCC2)CCCCC1. The van der Waals surface area contributed by atoms with Crippen molar-refractivity contribution in [1.29, 1.82) is 0 Å². The maximum absolute atomic E-state index is 13.9. The van der Waals surface area contributed by atoms with Crippen LogP contribution in [0.15, 0.2) is 12.1 Å². The summed E-state index contributed by atoms with van der Waals surface area (Å²) in [6, 6.07) is 2.24. The normalized spacial score (nSPS) is 21.2. The Morgan fingerprint density at radius 3 is 2.30 bits per heavy atom. The topological polar surface area (TPSA) is 49.8 Å². The lowest BCUT2D eigenvalue weighted by atomic mass is 9.68. The number of benzene rings is 1. The molecule has 126 valence electrons. The molecule has 4 nitrogen and oxygen atoms in total. The lowest BCUT2D eigenvalue weighted by molar-refractivity contribution is -0.145. The molecule has 1 N–H and O–H groups in total. The monoisotopic (exact) mass is 325 g/mol. The molecule has 0 atom stereocenters. The fourth-order valence-corrected chi connectivity index (χ4v) is 3.74. The van der Waals surface area contributed by atoms with Gasteiger partial charge in [0.25, 0.3) is 0 Å². The van der Waals surface area contributed by atoms with Gasteiger partial charge in [0.1, 0.15) is 0 Å². The maximum atomic E-state index is 13.9. The zero-order chi connectivity index (χ0) is 16.4. The first kappa shape index (κ1) is 16.2. The molecule has 0 bridgehead atoms. The molecule has 0 aromatic heterocycles. The van der Waals surface area contributed by atoms with E-state index in [1.165, 1.54) is 0 Å². The number of rotatable bonds is 3. The van der Waals surface area contributed by atoms with Gasteiger partial charge in [-0.2, -0.15) is 0 Å². The molecule has 1 aliphatic carbocycles. The van der Waals surface area contributed by atoms with E-state index in [0.29, 0.717) is 50.4 Å². The van der Waals surface area contributed by atoms with Crippen molar-refractivity contribution < 1.29 is 23.4 Å². The minimum Gasteiger partial charge on any atom is -0.481 e. The van der Waals surface area contributed by atoms with E-state index in [1.807, 2.05) is 4.90 Å². The van der Waals surface area contributed by atoms with Crippen molar-refractivity contribution in [1.82, 2.24) is 0 Å². The third-order valence-corrected chi connectivity index (χ3v) is 5.02. The van der Waals surface area contributed by atoms with Crippen LogP contribution in [0.5, 0.6) is 0 Å². The molecule has 2 aliphatic rings. The van der Waals surface area contributed by atoms with Crippen LogP contribution < -0.4 is 4.90 Å². The van der Waals surface area contributed by atoms with Crippen molar-refractivity contribution in [3.05, 3.63) is 29.3 Å². The van der Waals surface area contributed by atoms with Gasteiger partial charge in [-0.3, -0.25) is 4.79 Å². The number of carboxylic acid groups (broad SMARTS) is 1. The van der Waals surface area contributed by atoms with Gasteiger partial charge < -0.3 is 14.7 Å². The lowest BCUT2D eigenvalue weighted by Crippen LogP contribution is -2.42. The number of anilines is 1. The molecular weight excluding hydrogens is 304 g/mol. The van der Waals surface area contributed by atoms with Gasteiger partial charge in [-0.05, 0) is 24.5 Å². The minimum absolute atomic E-state index is 0.408. The summed E-state index contributed by atoms with van der Waals surface area (Å²) in [6.45, 7) is 2.10. The van der Waals surface area contributed by atoms with Crippen molar-refractivity contribution in [2.75, 3.05) is 31.2 Å². The van der Waals surface area contributed by atoms with Crippen LogP contribution in [0.4, 0.5) is 14.5 Å². The average Bonchev–Trinajstić information content (AvgIpc) is 2.58. The molecule has 23 heavy (non-hydrogen) atoms. The molecule has 2 fully saturated rings. The number of morpholine rings is 1. The fraction of sp³-hybridized carbons (Fsp3) is 0.588. The van der Waals surface area contributed by atoms with E-state index in [4.69, 9.17) is 4.74 Å². The van der Waals surface area contributed by atoms with Crippen LogP contribution in [0.2, 0.25) is 0 Å². The number of carboxylic acids is 1. The molecule has 6 heteroatoms. The Morgan fingerprint density at radius 1 is 1.09 bits per heavy atom. The van der Waals surface area contributed by atoms with E-state index in [9.17, 15) is 18.7 Å². The van der Waals surface area contributed by atoms with Crippen molar-refractivity contribution in [3.63, 3.8) is 0 Å². The van der Waals surface area contributed by atoms with Gasteiger partial charge in [-0.1, -0.05) is 19.3 Å². The van der Waals surface area contributed by atoms with Crippen molar-refractivity contribution in [2.45, 2.75) is 37.5 Å². The second-order valence-electron chi connectivity index (χ2n) is 6.33. The van der Waals surface area contributed by atoms with E-state index in [-0.39, 0.29) is 0 Å². The van der Waals surface area contributed by atoms with Gasteiger partial charge in [-0.25, -0.2) is 8.78 Å². The highest BCUT2D eigenvalue weighted by atomic mass is 19.2. The summed E-state index contributed by atoms with van der Waals surface area (Å²) >= 11 is 0. The summed E-state index contributed by atoms with van der Waals surface area (Å²) in [5.41, 5.74) is -0.220.